The van der Waals surface area contributed by atoms with Gasteiger partial charge in [-0.05, 0) is 55.2 Å². The van der Waals surface area contributed by atoms with Gasteiger partial charge in [0, 0.05) is 35.1 Å². The fraction of sp³-hybridized carbons (Fsp3) is 0.304. The van der Waals surface area contributed by atoms with Gasteiger partial charge in [-0.1, -0.05) is 29.8 Å². The molecule has 0 bridgehead atoms. The van der Waals surface area contributed by atoms with Gasteiger partial charge in [0.05, 0.1) is 11.3 Å². The van der Waals surface area contributed by atoms with E-state index in [-0.39, 0.29) is 18.1 Å². The summed E-state index contributed by atoms with van der Waals surface area (Å²) < 4.78 is 38.8. The number of allylic oxidation sites excluding steroid dienone is 2. The highest BCUT2D eigenvalue weighted by atomic mass is 35.5. The number of halogens is 4. The van der Waals surface area contributed by atoms with Gasteiger partial charge in [0.1, 0.15) is 0 Å². The Morgan fingerprint density at radius 3 is 2.40 bits per heavy atom. The molecule has 4 rings (SSSR count). The minimum Gasteiger partial charge on any atom is -0.294 e. The van der Waals surface area contributed by atoms with E-state index in [0.717, 1.165) is 17.7 Å². The molecule has 0 saturated carbocycles. The van der Waals surface area contributed by atoms with E-state index in [2.05, 4.69) is 0 Å². The molecule has 156 valence electrons. The van der Waals surface area contributed by atoms with Gasteiger partial charge in [-0.3, -0.25) is 14.5 Å². The maximum Gasteiger partial charge on any atom is 0.416 e. The van der Waals surface area contributed by atoms with E-state index in [4.69, 9.17) is 11.6 Å². The third kappa shape index (κ3) is 3.54. The van der Waals surface area contributed by atoms with Crippen molar-refractivity contribution in [3.63, 3.8) is 0 Å². The lowest BCUT2D eigenvalue weighted by Gasteiger charge is -2.39. The van der Waals surface area contributed by atoms with Crippen LogP contribution in [0.5, 0.6) is 0 Å². The van der Waals surface area contributed by atoms with Crippen molar-refractivity contribution in [2.75, 3.05) is 4.90 Å². The maximum atomic E-state index is 13.2. The number of carbonyl (C=O) groups is 2. The van der Waals surface area contributed by atoms with Crippen molar-refractivity contribution in [2.24, 2.45) is 0 Å². The van der Waals surface area contributed by atoms with Crippen molar-refractivity contribution in [1.82, 2.24) is 0 Å². The number of amides is 1. The first-order chi connectivity index (χ1) is 14.2. The van der Waals surface area contributed by atoms with Crippen molar-refractivity contribution in [1.29, 1.82) is 0 Å². The van der Waals surface area contributed by atoms with Crippen LogP contribution < -0.4 is 4.90 Å². The second kappa shape index (κ2) is 7.58. The second-order valence-corrected chi connectivity index (χ2v) is 8.03. The van der Waals surface area contributed by atoms with Crippen LogP contribution in [0.25, 0.3) is 0 Å². The topological polar surface area (TPSA) is 37.4 Å². The first-order valence-corrected chi connectivity index (χ1v) is 10.1. The SMILES string of the molecule is Cc1c(Cl)cccc1N1C(=O)CC(c2ccc(C(F)(F)F)cc2)C2=C1CCCC2=O. The molecular weight excluding hydrogens is 415 g/mol. The molecule has 30 heavy (non-hydrogen) atoms. The maximum absolute atomic E-state index is 13.2. The molecule has 0 saturated heterocycles. The van der Waals surface area contributed by atoms with Gasteiger partial charge in [-0.2, -0.15) is 13.2 Å². The standard InChI is InChI=1S/C23H19ClF3NO2/c1-13-17(24)4-2-5-18(13)28-19-6-3-7-20(29)22(19)16(12-21(28)30)14-8-10-15(11-9-14)23(25,26)27/h2,4-5,8-11,16H,3,6-7,12H2,1H3. The van der Waals surface area contributed by atoms with Gasteiger partial charge < -0.3 is 0 Å². The molecule has 1 amide bonds. The first-order valence-electron chi connectivity index (χ1n) is 9.70. The quantitative estimate of drug-likeness (QED) is 0.566. The summed E-state index contributed by atoms with van der Waals surface area (Å²) in [6.45, 7) is 1.82. The van der Waals surface area contributed by atoms with Crippen LogP contribution in [-0.4, -0.2) is 11.7 Å². The average molecular weight is 434 g/mol. The number of rotatable bonds is 2. The minimum absolute atomic E-state index is 0.0158. The summed E-state index contributed by atoms with van der Waals surface area (Å²) in [4.78, 5) is 27.6. The fourth-order valence-electron chi connectivity index (χ4n) is 4.30. The van der Waals surface area contributed by atoms with E-state index in [9.17, 15) is 22.8 Å². The summed E-state index contributed by atoms with van der Waals surface area (Å²) in [5, 5.41) is 0.523. The average Bonchev–Trinajstić information content (AvgIpc) is 2.70. The molecule has 7 heteroatoms. The Labute approximate surface area is 177 Å². The molecule has 0 fully saturated rings. The lowest BCUT2D eigenvalue weighted by Crippen LogP contribution is -2.40. The van der Waals surface area contributed by atoms with E-state index in [1.807, 2.05) is 6.92 Å². The number of Topliss-reactive ketones (excluding diaryl/α,β-unsaturated/α-hetero) is 1. The zero-order valence-electron chi connectivity index (χ0n) is 16.2. The summed E-state index contributed by atoms with van der Waals surface area (Å²) in [7, 11) is 0. The van der Waals surface area contributed by atoms with Gasteiger partial charge in [0.25, 0.3) is 0 Å². The Hall–Kier alpha value is -2.60. The number of hydrogen-bond donors (Lipinski definition) is 0. The molecule has 0 aromatic heterocycles. The molecule has 1 aliphatic heterocycles. The molecule has 2 aromatic rings. The monoisotopic (exact) mass is 433 g/mol. The van der Waals surface area contributed by atoms with E-state index >= 15 is 0 Å². The summed E-state index contributed by atoms with van der Waals surface area (Å²) in [6.07, 6.45) is -2.88. The highest BCUT2D eigenvalue weighted by molar-refractivity contribution is 6.31. The zero-order valence-corrected chi connectivity index (χ0v) is 17.0. The van der Waals surface area contributed by atoms with Crippen molar-refractivity contribution < 1.29 is 22.8 Å². The Morgan fingerprint density at radius 2 is 1.73 bits per heavy atom. The van der Waals surface area contributed by atoms with Crippen molar-refractivity contribution in [3.8, 4) is 0 Å². The predicted octanol–water partition coefficient (Wildman–Crippen LogP) is 6.19. The summed E-state index contributed by atoms with van der Waals surface area (Å²) >= 11 is 6.25. The van der Waals surface area contributed by atoms with Gasteiger partial charge in [0.15, 0.2) is 5.78 Å². The minimum atomic E-state index is -4.44. The van der Waals surface area contributed by atoms with Crippen LogP contribution in [0.15, 0.2) is 53.7 Å². The molecule has 0 radical (unpaired) electrons. The van der Waals surface area contributed by atoms with Gasteiger partial charge >= 0.3 is 6.18 Å². The molecule has 0 spiro atoms. The second-order valence-electron chi connectivity index (χ2n) is 7.63. The van der Waals surface area contributed by atoms with Crippen LogP contribution in [0.3, 0.4) is 0 Å². The first kappa shape index (κ1) is 20.7. The highest BCUT2D eigenvalue weighted by Crippen LogP contribution is 2.45. The highest BCUT2D eigenvalue weighted by Gasteiger charge is 2.40. The molecule has 2 aromatic carbocycles. The van der Waals surface area contributed by atoms with Crippen molar-refractivity contribution in [2.45, 2.75) is 44.7 Å². The Bertz CT molecular complexity index is 1060. The van der Waals surface area contributed by atoms with E-state index < -0.39 is 17.7 Å². The third-order valence-corrected chi connectivity index (χ3v) is 6.21. The summed E-state index contributed by atoms with van der Waals surface area (Å²) in [5.74, 6) is -0.796. The number of hydrogen-bond acceptors (Lipinski definition) is 2. The number of alkyl halides is 3. The van der Waals surface area contributed by atoms with E-state index in [1.165, 1.54) is 12.1 Å². The van der Waals surface area contributed by atoms with Gasteiger partial charge in [-0.15, -0.1) is 0 Å². The number of benzene rings is 2. The molecule has 2 aliphatic rings. The molecule has 1 aliphatic carbocycles. The van der Waals surface area contributed by atoms with Crippen LogP contribution in [0.4, 0.5) is 18.9 Å². The van der Waals surface area contributed by atoms with Crippen LogP contribution in [0, 0.1) is 6.92 Å². The van der Waals surface area contributed by atoms with Crippen molar-refractivity contribution >= 4 is 29.0 Å². The van der Waals surface area contributed by atoms with Crippen LogP contribution in [0.2, 0.25) is 5.02 Å². The largest absolute Gasteiger partial charge is 0.416 e. The number of ketones is 1. The zero-order chi connectivity index (χ0) is 21.6. The molecule has 0 N–H and O–H groups in total. The normalized spacial score (nSPS) is 19.9. The number of nitrogens with zero attached hydrogens (tertiary/aromatic N) is 1. The number of carbonyl (C=O) groups excluding carboxylic acids is 2. The number of anilines is 1. The Kier molecular flexibility index (Phi) is 5.22. The predicted molar refractivity (Wildman–Crippen MR) is 108 cm³/mol. The van der Waals surface area contributed by atoms with Gasteiger partial charge in [-0.25, -0.2) is 0 Å². The molecule has 1 unspecified atom stereocenters. The lowest BCUT2D eigenvalue weighted by molar-refractivity contribution is -0.137. The van der Waals surface area contributed by atoms with Crippen molar-refractivity contribution in [3.05, 3.63) is 75.4 Å². The van der Waals surface area contributed by atoms with E-state index in [0.29, 0.717) is 46.8 Å². The smallest absolute Gasteiger partial charge is 0.294 e. The molecular formula is C23H19ClF3NO2. The van der Waals surface area contributed by atoms with E-state index in [1.54, 1.807) is 23.1 Å². The Balaban J connectivity index is 1.83. The van der Waals surface area contributed by atoms with Crippen LogP contribution in [0.1, 0.15) is 48.3 Å². The van der Waals surface area contributed by atoms with Crippen LogP contribution in [-0.2, 0) is 15.8 Å². The molecule has 1 atom stereocenters. The Morgan fingerprint density at radius 1 is 1.03 bits per heavy atom. The van der Waals surface area contributed by atoms with Crippen LogP contribution >= 0.6 is 11.6 Å². The molecule has 1 heterocycles. The third-order valence-electron chi connectivity index (χ3n) is 5.80. The summed E-state index contributed by atoms with van der Waals surface area (Å²) in [6, 6.07) is 10.0. The molecule has 3 nitrogen and oxygen atoms in total. The lowest BCUT2D eigenvalue weighted by atomic mass is 9.77. The van der Waals surface area contributed by atoms with Gasteiger partial charge in [0.2, 0.25) is 5.91 Å². The fourth-order valence-corrected chi connectivity index (χ4v) is 4.47. The summed E-state index contributed by atoms with van der Waals surface area (Å²) in [5.41, 5.74) is 2.33.